The summed E-state index contributed by atoms with van der Waals surface area (Å²) < 4.78 is 43.4. The average molecular weight is 897 g/mol. The number of carboxylic acids is 2. The number of benzene rings is 2. The van der Waals surface area contributed by atoms with Crippen molar-refractivity contribution < 1.29 is 62.3 Å². The summed E-state index contributed by atoms with van der Waals surface area (Å²) in [5, 5.41) is 44.6. The molecule has 0 aliphatic rings. The number of phenolic OH excluding ortho intramolecular Hbond substituents is 2. The van der Waals surface area contributed by atoms with Crippen LogP contribution in [0.4, 0.5) is 13.2 Å². The highest BCUT2D eigenvalue weighted by molar-refractivity contribution is 7.99. The number of rotatable bonds is 19. The Balaban J connectivity index is 1.55. The lowest BCUT2D eigenvalue weighted by Crippen LogP contribution is -2.53. The van der Waals surface area contributed by atoms with E-state index < -0.39 is 95.7 Å². The summed E-state index contributed by atoms with van der Waals surface area (Å²) in [6.07, 6.45) is -1.61. The summed E-state index contributed by atoms with van der Waals surface area (Å²) >= 11 is 0.696. The third-order valence-corrected chi connectivity index (χ3v) is 10.3. The van der Waals surface area contributed by atoms with Crippen LogP contribution in [0.25, 0.3) is 16.7 Å². The van der Waals surface area contributed by atoms with E-state index in [-0.39, 0.29) is 46.8 Å². The number of halogens is 3. The van der Waals surface area contributed by atoms with Crippen molar-refractivity contribution in [3.63, 3.8) is 0 Å². The number of amides is 3. The lowest BCUT2D eigenvalue weighted by atomic mass is 10.1. The number of carbonyl (C=O) groups excluding carboxylic acids is 3. The number of thioether (sulfide) groups is 1. The lowest BCUT2D eigenvalue weighted by molar-refractivity contribution is -0.274. The predicted molar refractivity (Wildman–Crippen MR) is 217 cm³/mol. The molecule has 5 aromatic rings. The molecule has 3 heterocycles. The van der Waals surface area contributed by atoms with Crippen molar-refractivity contribution in [2.75, 3.05) is 12.3 Å². The summed E-state index contributed by atoms with van der Waals surface area (Å²) in [7, 11) is 0. The summed E-state index contributed by atoms with van der Waals surface area (Å²) in [6, 6.07) is 9.25. The number of carbonyl (C=O) groups is 5. The normalized spacial score (nSPS) is 12.8. The first-order chi connectivity index (χ1) is 29.8. The van der Waals surface area contributed by atoms with Gasteiger partial charge < -0.3 is 46.4 Å². The van der Waals surface area contributed by atoms with Crippen LogP contribution in [0.2, 0.25) is 0 Å². The van der Waals surface area contributed by atoms with Gasteiger partial charge in [0.2, 0.25) is 17.7 Å². The van der Waals surface area contributed by atoms with Crippen LogP contribution in [0.3, 0.4) is 0 Å². The van der Waals surface area contributed by atoms with Gasteiger partial charge in [-0.15, -0.1) is 24.9 Å². The van der Waals surface area contributed by atoms with Crippen LogP contribution in [0.15, 0.2) is 88.9 Å². The molecule has 0 unspecified atom stereocenters. The maximum absolute atomic E-state index is 14.4. The SMILES string of the molecule is C[C@H](c1nc2ncccc2c(=O)n1-c1cc(O)c(O)c(SC[C@H](NC(=O)[C@@H](N)CCC(=O)O)C(=O)NCC(=O)O)c1)N(Cc1cccnc1)C(=O)Cc1ccc(OC(F)(F)F)cc1. The number of ether oxygens (including phenoxy) is 1. The maximum Gasteiger partial charge on any atom is 0.573 e. The zero-order valence-electron chi connectivity index (χ0n) is 33.0. The number of nitrogens with zero attached hydrogens (tertiary/aromatic N) is 5. The fourth-order valence-electron chi connectivity index (χ4n) is 6.07. The molecule has 0 bridgehead atoms. The van der Waals surface area contributed by atoms with Crippen LogP contribution in [-0.2, 0) is 36.9 Å². The molecule has 3 amide bonds. The number of aromatic nitrogens is 4. The molecular weight excluding hydrogens is 858 g/mol. The van der Waals surface area contributed by atoms with Crippen LogP contribution < -0.4 is 26.7 Å². The highest BCUT2D eigenvalue weighted by Gasteiger charge is 2.32. The lowest BCUT2D eigenvalue weighted by Gasteiger charge is -2.31. The molecule has 8 N–H and O–H groups in total. The van der Waals surface area contributed by atoms with Gasteiger partial charge in [-0.3, -0.25) is 38.3 Å². The first kappa shape index (κ1) is 46.8. The number of carboxylic acid groups (broad SMARTS) is 2. The van der Waals surface area contributed by atoms with Crippen molar-refractivity contribution in [1.82, 2.24) is 35.1 Å². The number of pyridine rings is 2. The molecule has 3 aromatic heterocycles. The second-order valence-corrected chi connectivity index (χ2v) is 14.8. The maximum atomic E-state index is 14.4. The number of alkyl halides is 3. The summed E-state index contributed by atoms with van der Waals surface area (Å²) in [4.78, 5) is 91.0. The summed E-state index contributed by atoms with van der Waals surface area (Å²) in [5.74, 6) is -7.58. The van der Waals surface area contributed by atoms with E-state index in [1.54, 1.807) is 19.1 Å². The van der Waals surface area contributed by atoms with Gasteiger partial charge in [-0.2, -0.15) is 0 Å². The standard InChI is InChI=1S/C40H39F3N8O11S/c1-21(50(19-23-4-2-12-45-17-23)31(53)14-22-6-8-25(9-7-22)62-40(41,42)43)36-49-35-26(5-3-13-46-35)39(61)51(36)24-15-29(52)34(58)30(16-24)63-20-28(38(60)47-18-33(56)57)48-37(59)27(44)10-11-32(54)55/h2-9,12-13,15-17,21,27-28,52,58H,10-11,14,18-20,44H2,1H3,(H,47,60)(H,48,59)(H,54,55)(H,56,57)/t21-,27+,28+/m1/s1. The number of aromatic hydroxyl groups is 2. The molecule has 0 spiro atoms. The van der Waals surface area contributed by atoms with Crippen molar-refractivity contribution in [2.45, 2.75) is 62.1 Å². The molecule has 332 valence electrons. The van der Waals surface area contributed by atoms with Gasteiger partial charge in [0.25, 0.3) is 5.56 Å². The Morgan fingerprint density at radius 1 is 0.968 bits per heavy atom. The minimum Gasteiger partial charge on any atom is -0.504 e. The predicted octanol–water partition coefficient (Wildman–Crippen LogP) is 2.79. The van der Waals surface area contributed by atoms with Gasteiger partial charge in [0, 0.05) is 43.4 Å². The van der Waals surface area contributed by atoms with Crippen molar-refractivity contribution >= 4 is 52.5 Å². The van der Waals surface area contributed by atoms with Gasteiger partial charge >= 0.3 is 18.3 Å². The van der Waals surface area contributed by atoms with E-state index in [2.05, 4.69) is 30.3 Å². The smallest absolute Gasteiger partial charge is 0.504 e. The van der Waals surface area contributed by atoms with Crippen molar-refractivity contribution in [3.05, 3.63) is 107 Å². The Morgan fingerprint density at radius 3 is 2.33 bits per heavy atom. The van der Waals surface area contributed by atoms with Crippen molar-refractivity contribution in [1.29, 1.82) is 0 Å². The van der Waals surface area contributed by atoms with E-state index in [1.807, 2.05) is 0 Å². The van der Waals surface area contributed by atoms with Gasteiger partial charge in [-0.05, 0) is 60.9 Å². The van der Waals surface area contributed by atoms with Gasteiger partial charge in [0.05, 0.1) is 34.5 Å². The molecule has 0 radical (unpaired) electrons. The van der Waals surface area contributed by atoms with E-state index in [4.69, 9.17) is 15.9 Å². The second-order valence-electron chi connectivity index (χ2n) is 13.7. The molecule has 2 aromatic carbocycles. The van der Waals surface area contributed by atoms with Crippen LogP contribution in [0, 0.1) is 0 Å². The molecule has 23 heteroatoms. The largest absolute Gasteiger partial charge is 0.573 e. The summed E-state index contributed by atoms with van der Waals surface area (Å²) in [5.41, 5.74) is 5.86. The quantitative estimate of drug-likeness (QED) is 0.0463. The van der Waals surface area contributed by atoms with Gasteiger partial charge in [-0.1, -0.05) is 18.2 Å². The fourth-order valence-corrected chi connectivity index (χ4v) is 7.09. The molecule has 63 heavy (non-hydrogen) atoms. The molecule has 19 nitrogen and oxygen atoms in total. The zero-order valence-corrected chi connectivity index (χ0v) is 33.8. The minimum atomic E-state index is -4.93. The third-order valence-electron chi connectivity index (χ3n) is 9.18. The van der Waals surface area contributed by atoms with Gasteiger partial charge in [0.1, 0.15) is 24.2 Å². The molecule has 5 rings (SSSR count). The summed E-state index contributed by atoms with van der Waals surface area (Å²) in [6.45, 7) is 0.625. The fraction of sp³-hybridized carbons (Fsp3) is 0.275. The topological polar surface area (TPSA) is 289 Å². The number of hydrogen-bond acceptors (Lipinski definition) is 14. The van der Waals surface area contributed by atoms with Crippen molar-refractivity contribution in [3.8, 4) is 22.9 Å². The number of nitrogens with one attached hydrogen (secondary N) is 2. The molecule has 0 aliphatic heterocycles. The van der Waals surface area contributed by atoms with Crippen LogP contribution in [0.1, 0.15) is 42.8 Å². The Bertz CT molecular complexity index is 2550. The van der Waals surface area contributed by atoms with Crippen LogP contribution >= 0.6 is 11.8 Å². The average Bonchev–Trinajstić information content (AvgIpc) is 3.23. The Kier molecular flexibility index (Phi) is 15.2. The zero-order chi connectivity index (χ0) is 46.0. The number of fused-ring (bicyclic) bond motifs is 1. The molecule has 3 atom stereocenters. The second kappa shape index (κ2) is 20.5. The first-order valence-corrected chi connectivity index (χ1v) is 19.7. The van der Waals surface area contributed by atoms with Gasteiger partial charge in [0.15, 0.2) is 17.1 Å². The Labute approximate surface area is 358 Å². The Hall–Kier alpha value is -7.27. The highest BCUT2D eigenvalue weighted by Crippen LogP contribution is 2.39. The molecular formula is C40H39F3N8O11S. The van der Waals surface area contributed by atoms with Crippen LogP contribution in [-0.4, -0.2) is 105 Å². The molecule has 0 aliphatic carbocycles. The minimum absolute atomic E-state index is 0.0126. The number of nitrogens with two attached hydrogens (primary N) is 1. The molecule has 0 fully saturated rings. The molecule has 0 saturated heterocycles. The van der Waals surface area contributed by atoms with E-state index in [1.165, 1.54) is 53.8 Å². The number of hydrogen-bond donors (Lipinski definition) is 7. The van der Waals surface area contributed by atoms with Gasteiger partial charge in [-0.25, -0.2) is 9.97 Å². The highest BCUT2D eigenvalue weighted by atomic mass is 32.2. The Morgan fingerprint density at radius 2 is 1.68 bits per heavy atom. The molecule has 0 saturated carbocycles. The van der Waals surface area contributed by atoms with E-state index in [9.17, 15) is 52.2 Å². The van der Waals surface area contributed by atoms with Crippen LogP contribution in [0.5, 0.6) is 17.2 Å². The van der Waals surface area contributed by atoms with E-state index in [0.29, 0.717) is 22.9 Å². The number of aliphatic carboxylic acids is 2. The monoisotopic (exact) mass is 896 g/mol. The number of phenols is 2. The van der Waals surface area contributed by atoms with E-state index in [0.717, 1.165) is 22.8 Å². The third kappa shape index (κ3) is 12.6. The van der Waals surface area contributed by atoms with E-state index >= 15 is 0 Å². The first-order valence-electron chi connectivity index (χ1n) is 18.7. The van der Waals surface area contributed by atoms with Crippen molar-refractivity contribution in [2.24, 2.45) is 5.73 Å².